The number of hydrogen-bond acceptors (Lipinski definition) is 4. The summed E-state index contributed by atoms with van der Waals surface area (Å²) in [6.07, 6.45) is 0. The molecule has 110 valence electrons. The van der Waals surface area contributed by atoms with Crippen LogP contribution in [0.3, 0.4) is 0 Å². The summed E-state index contributed by atoms with van der Waals surface area (Å²) in [5.74, 6) is -0.0811. The molecule has 7 heteroatoms. The van der Waals surface area contributed by atoms with Crippen LogP contribution in [0.15, 0.2) is 30.3 Å². The molecule has 21 heavy (non-hydrogen) atoms. The minimum absolute atomic E-state index is 0.245. The summed E-state index contributed by atoms with van der Waals surface area (Å²) in [7, 11) is 3.34. The first-order valence-corrected chi connectivity index (χ1v) is 6.60. The first-order valence-electron chi connectivity index (χ1n) is 6.22. The van der Waals surface area contributed by atoms with Gasteiger partial charge in [-0.15, -0.1) is 10.2 Å². The van der Waals surface area contributed by atoms with Crippen LogP contribution in [0, 0.1) is 5.82 Å². The molecule has 0 spiro atoms. The minimum atomic E-state index is -0.374. The summed E-state index contributed by atoms with van der Waals surface area (Å²) in [4.78, 5) is 13.2. The Bertz CT molecular complexity index is 648. The van der Waals surface area contributed by atoms with E-state index in [-0.39, 0.29) is 17.4 Å². The van der Waals surface area contributed by atoms with E-state index in [4.69, 9.17) is 11.6 Å². The topological polar surface area (TPSA) is 58.1 Å². The number of anilines is 1. The van der Waals surface area contributed by atoms with Crippen LogP contribution in [0.5, 0.6) is 0 Å². The first-order chi connectivity index (χ1) is 10.0. The van der Waals surface area contributed by atoms with Crippen LogP contribution in [-0.2, 0) is 6.54 Å². The Balaban J connectivity index is 2.13. The van der Waals surface area contributed by atoms with Crippen molar-refractivity contribution >= 4 is 23.3 Å². The fourth-order valence-electron chi connectivity index (χ4n) is 1.76. The van der Waals surface area contributed by atoms with Gasteiger partial charge in [-0.3, -0.25) is 4.79 Å². The Labute approximate surface area is 126 Å². The summed E-state index contributed by atoms with van der Waals surface area (Å²) in [6, 6.07) is 7.53. The predicted molar refractivity (Wildman–Crippen MR) is 78.9 cm³/mol. The lowest BCUT2D eigenvalue weighted by Gasteiger charge is -2.18. The number of benzene rings is 1. The highest BCUT2D eigenvalue weighted by Crippen LogP contribution is 2.20. The van der Waals surface area contributed by atoms with E-state index in [0.29, 0.717) is 17.4 Å². The zero-order valence-electron chi connectivity index (χ0n) is 11.6. The van der Waals surface area contributed by atoms with E-state index in [1.807, 2.05) is 7.05 Å². The number of nitrogens with zero attached hydrogens (tertiary/aromatic N) is 3. The van der Waals surface area contributed by atoms with Crippen LogP contribution in [0.1, 0.15) is 16.1 Å². The van der Waals surface area contributed by atoms with E-state index in [2.05, 4.69) is 15.5 Å². The van der Waals surface area contributed by atoms with Gasteiger partial charge in [0.1, 0.15) is 5.82 Å². The van der Waals surface area contributed by atoms with Crippen LogP contribution >= 0.6 is 11.6 Å². The van der Waals surface area contributed by atoms with Crippen molar-refractivity contribution in [2.24, 2.45) is 0 Å². The Morgan fingerprint density at radius 2 is 2.10 bits per heavy atom. The number of carbonyl (C=O) groups is 1. The van der Waals surface area contributed by atoms with Gasteiger partial charge in [0.25, 0.3) is 5.91 Å². The summed E-state index contributed by atoms with van der Waals surface area (Å²) in [5.41, 5.74) is 1.02. The van der Waals surface area contributed by atoms with Crippen molar-refractivity contribution in [3.63, 3.8) is 0 Å². The molecule has 0 fully saturated rings. The van der Waals surface area contributed by atoms with Gasteiger partial charge in [-0.2, -0.15) is 0 Å². The maximum Gasteiger partial charge on any atom is 0.271 e. The van der Waals surface area contributed by atoms with Crippen LogP contribution < -0.4 is 10.2 Å². The first kappa shape index (κ1) is 15.2. The molecule has 2 aromatic rings. The monoisotopic (exact) mass is 308 g/mol. The Hall–Kier alpha value is -2.21. The lowest BCUT2D eigenvalue weighted by atomic mass is 10.2. The van der Waals surface area contributed by atoms with Crippen LogP contribution in [0.4, 0.5) is 10.2 Å². The Morgan fingerprint density at radius 1 is 1.33 bits per heavy atom. The van der Waals surface area contributed by atoms with Gasteiger partial charge in [0.05, 0.1) is 0 Å². The van der Waals surface area contributed by atoms with E-state index in [0.717, 1.165) is 5.56 Å². The zero-order chi connectivity index (χ0) is 15.4. The maximum atomic E-state index is 13.0. The lowest BCUT2D eigenvalue weighted by Crippen LogP contribution is -2.22. The number of carbonyl (C=O) groups excluding carboxylic acids is 1. The van der Waals surface area contributed by atoms with Crippen molar-refractivity contribution in [3.8, 4) is 0 Å². The molecule has 0 radical (unpaired) electrons. The average Bonchev–Trinajstić information content (AvgIpc) is 2.49. The Kier molecular flexibility index (Phi) is 4.70. The van der Waals surface area contributed by atoms with Gasteiger partial charge >= 0.3 is 0 Å². The number of rotatable bonds is 4. The van der Waals surface area contributed by atoms with Crippen LogP contribution in [0.2, 0.25) is 5.02 Å². The smallest absolute Gasteiger partial charge is 0.271 e. The zero-order valence-corrected chi connectivity index (χ0v) is 12.4. The molecule has 1 heterocycles. The summed E-state index contributed by atoms with van der Waals surface area (Å²) in [5, 5.41) is 10.7. The van der Waals surface area contributed by atoms with Crippen molar-refractivity contribution < 1.29 is 9.18 Å². The highest BCUT2D eigenvalue weighted by molar-refractivity contribution is 6.31. The molecule has 0 aliphatic rings. The van der Waals surface area contributed by atoms with Crippen molar-refractivity contribution in [1.29, 1.82) is 0 Å². The molecule has 1 N–H and O–H groups in total. The second-order valence-electron chi connectivity index (χ2n) is 4.45. The third kappa shape index (κ3) is 3.66. The number of aromatic nitrogens is 2. The lowest BCUT2D eigenvalue weighted by molar-refractivity contribution is 0.0957. The quantitative estimate of drug-likeness (QED) is 0.941. The summed E-state index contributed by atoms with van der Waals surface area (Å²) < 4.78 is 13.0. The SMILES string of the molecule is CNC(=O)c1ccc(N(C)Cc2ccc(F)cc2Cl)nn1. The average molecular weight is 309 g/mol. The van der Waals surface area contributed by atoms with Crippen LogP contribution in [-0.4, -0.2) is 30.2 Å². The molecule has 0 saturated heterocycles. The van der Waals surface area contributed by atoms with E-state index in [1.54, 1.807) is 23.1 Å². The molecule has 0 aliphatic heterocycles. The summed E-state index contributed by atoms with van der Waals surface area (Å²) in [6.45, 7) is 0.452. The van der Waals surface area contributed by atoms with Crippen molar-refractivity contribution in [2.45, 2.75) is 6.54 Å². The molecule has 1 aromatic heterocycles. The van der Waals surface area contributed by atoms with E-state index < -0.39 is 0 Å². The number of nitrogens with one attached hydrogen (secondary N) is 1. The fourth-order valence-corrected chi connectivity index (χ4v) is 1.99. The molecule has 0 unspecified atom stereocenters. The standard InChI is InChI=1S/C14H14ClFN4O/c1-17-14(21)12-5-6-13(19-18-12)20(2)8-9-3-4-10(16)7-11(9)15/h3-7H,8H2,1-2H3,(H,17,21). The normalized spacial score (nSPS) is 10.3. The van der Waals surface area contributed by atoms with Crippen molar-refractivity contribution in [3.05, 3.63) is 52.4 Å². The molecule has 0 atom stereocenters. The molecule has 0 saturated carbocycles. The second-order valence-corrected chi connectivity index (χ2v) is 4.85. The molecule has 5 nitrogen and oxygen atoms in total. The van der Waals surface area contributed by atoms with Gasteiger partial charge < -0.3 is 10.2 Å². The minimum Gasteiger partial charge on any atom is -0.354 e. The van der Waals surface area contributed by atoms with E-state index in [1.165, 1.54) is 19.2 Å². The highest BCUT2D eigenvalue weighted by Gasteiger charge is 2.10. The number of hydrogen-bond donors (Lipinski definition) is 1. The van der Waals surface area contributed by atoms with Gasteiger partial charge in [-0.25, -0.2) is 4.39 Å². The van der Waals surface area contributed by atoms with Crippen molar-refractivity contribution in [2.75, 3.05) is 19.0 Å². The molecule has 0 bridgehead atoms. The maximum absolute atomic E-state index is 13.0. The Morgan fingerprint density at radius 3 is 2.67 bits per heavy atom. The molecule has 0 aliphatic carbocycles. The molecule has 1 aromatic carbocycles. The number of amides is 1. The third-order valence-corrected chi connectivity index (χ3v) is 3.28. The molecular weight excluding hydrogens is 295 g/mol. The van der Waals surface area contributed by atoms with Gasteiger partial charge in [0.15, 0.2) is 11.5 Å². The summed E-state index contributed by atoms with van der Waals surface area (Å²) >= 11 is 5.99. The van der Waals surface area contributed by atoms with Crippen molar-refractivity contribution in [1.82, 2.24) is 15.5 Å². The second kappa shape index (κ2) is 6.49. The predicted octanol–water partition coefficient (Wildman–Crippen LogP) is 2.27. The van der Waals surface area contributed by atoms with Crippen LogP contribution in [0.25, 0.3) is 0 Å². The number of halogens is 2. The van der Waals surface area contributed by atoms with Gasteiger partial charge in [0.2, 0.25) is 0 Å². The molecular formula is C14H14ClFN4O. The van der Waals surface area contributed by atoms with E-state index in [9.17, 15) is 9.18 Å². The van der Waals surface area contributed by atoms with E-state index >= 15 is 0 Å². The fraction of sp³-hybridized carbons (Fsp3) is 0.214. The largest absolute Gasteiger partial charge is 0.354 e. The third-order valence-electron chi connectivity index (χ3n) is 2.92. The highest BCUT2D eigenvalue weighted by atomic mass is 35.5. The molecule has 1 amide bonds. The van der Waals surface area contributed by atoms with Gasteiger partial charge in [0, 0.05) is 25.7 Å². The van der Waals surface area contributed by atoms with Gasteiger partial charge in [-0.1, -0.05) is 17.7 Å². The van der Waals surface area contributed by atoms with Gasteiger partial charge in [-0.05, 0) is 29.8 Å². The molecule has 2 rings (SSSR count).